The maximum absolute atomic E-state index is 4.09. The van der Waals surface area contributed by atoms with E-state index in [-0.39, 0.29) is 0 Å². The Balaban J connectivity index is 3.14. The molecule has 0 aromatic rings. The van der Waals surface area contributed by atoms with Crippen LogP contribution in [0.1, 0.15) is 13.8 Å². The van der Waals surface area contributed by atoms with Gasteiger partial charge in [-0.05, 0) is 13.8 Å². The van der Waals surface area contributed by atoms with E-state index in [2.05, 4.69) is 26.3 Å². The van der Waals surface area contributed by atoms with Crippen molar-refractivity contribution in [2.75, 3.05) is 0 Å². The summed E-state index contributed by atoms with van der Waals surface area (Å²) in [6.07, 6.45) is 0. The summed E-state index contributed by atoms with van der Waals surface area (Å²) in [6.45, 7) is 4.34. The average molecular weight is 214 g/mol. The van der Waals surface area contributed by atoms with Gasteiger partial charge in [-0.1, -0.05) is 3.51 Å². The summed E-state index contributed by atoms with van der Waals surface area (Å²) in [7, 11) is 0. The topological polar surface area (TPSA) is 0 Å². The molecule has 0 radical (unpaired) electrons. The fourth-order valence-electron chi connectivity index (χ4n) is 0.120. The number of hydrogen-bond donors (Lipinski definition) is 1. The third-order valence-corrected chi connectivity index (χ3v) is 3.00. The van der Waals surface area contributed by atoms with Crippen LogP contribution in [0.25, 0.3) is 0 Å². The molecule has 6 heavy (non-hydrogen) atoms. The zero-order valence-electron chi connectivity index (χ0n) is 4.03. The quantitative estimate of drug-likeness (QED) is 0.380. The van der Waals surface area contributed by atoms with Gasteiger partial charge in [0.1, 0.15) is 0 Å². The van der Waals surface area contributed by atoms with Crippen LogP contribution in [0.4, 0.5) is 0 Å². The van der Waals surface area contributed by atoms with E-state index in [1.165, 1.54) is 0 Å². The summed E-state index contributed by atoms with van der Waals surface area (Å²) in [5.74, 6) is 0. The van der Waals surface area contributed by atoms with Gasteiger partial charge in [0, 0.05) is 0 Å². The zero-order valence-corrected chi connectivity index (χ0v) is 7.08. The van der Waals surface area contributed by atoms with Crippen molar-refractivity contribution in [3.63, 3.8) is 0 Å². The predicted molar refractivity (Wildman–Crippen MR) is 46.5 cm³/mol. The monoisotopic (exact) mass is 214 g/mol. The van der Waals surface area contributed by atoms with Gasteiger partial charge in [0.15, 0.2) is 0 Å². The zero-order chi connectivity index (χ0) is 4.99. The Kier molecular flexibility index (Phi) is 4.89. The molecule has 0 aliphatic carbocycles. The second-order valence-corrected chi connectivity index (χ2v) is 6.34. The van der Waals surface area contributed by atoms with Gasteiger partial charge in [0.25, 0.3) is 4.41 Å². The highest BCUT2D eigenvalue weighted by atomic mass is 127. The first-order chi connectivity index (χ1) is 2.77. The van der Waals surface area contributed by atoms with Crippen LogP contribution in [0, 0.1) is 0 Å². The number of thiol groups is 1. The molecular formula is C3H8BIS. The summed E-state index contributed by atoms with van der Waals surface area (Å²) in [6, 6.07) is 0. The Bertz CT molecular complexity index is 57.8. The molecule has 0 fully saturated rings. The molecule has 0 spiro atoms. The Hall–Kier alpha value is 1.01. The van der Waals surface area contributed by atoms with E-state index in [9.17, 15) is 0 Å². The molecule has 0 amide bonds. The van der Waals surface area contributed by atoms with E-state index in [0.29, 0.717) is 20.5 Å². The van der Waals surface area contributed by atoms with E-state index < -0.39 is 0 Å². The van der Waals surface area contributed by atoms with Gasteiger partial charge in [0.05, 0.1) is 0 Å². The molecule has 0 N–H and O–H groups in total. The van der Waals surface area contributed by atoms with Gasteiger partial charge in [-0.3, -0.25) is 0 Å². The SMILES string of the molecule is CC(C)=IBS. The van der Waals surface area contributed by atoms with Crippen molar-refractivity contribution in [1.29, 1.82) is 0 Å². The van der Waals surface area contributed by atoms with E-state index in [4.69, 9.17) is 0 Å². The minimum absolute atomic E-state index is 0.349. The molecule has 3 heteroatoms. The van der Waals surface area contributed by atoms with Crippen molar-refractivity contribution in [3.8, 4) is 0 Å². The van der Waals surface area contributed by atoms with E-state index in [0.717, 1.165) is 4.41 Å². The Morgan fingerprint density at radius 2 is 2.17 bits per heavy atom. The molecule has 0 aromatic heterocycles. The van der Waals surface area contributed by atoms with Crippen LogP contribution in [0.3, 0.4) is 0 Å². The number of rotatable bonds is 1. The van der Waals surface area contributed by atoms with Gasteiger partial charge in [-0.25, -0.2) is 12.5 Å². The maximum Gasteiger partial charge on any atom is 0.254 e. The second-order valence-electron chi connectivity index (χ2n) is 1.13. The number of halogens is 1. The fourth-order valence-corrected chi connectivity index (χ4v) is 2.41. The summed E-state index contributed by atoms with van der Waals surface area (Å²) in [5.41, 5.74) is 0. The molecule has 0 atom stereocenters. The fraction of sp³-hybridized carbons (Fsp3) is 0.667. The highest BCUT2D eigenvalue weighted by Gasteiger charge is 1.71. The smallest absolute Gasteiger partial charge is 0.217 e. The van der Waals surface area contributed by atoms with Gasteiger partial charge in [-0.15, -0.1) is 0 Å². The normalized spacial score (nSPS) is 7.83. The Labute approximate surface area is 54.7 Å². The highest BCUT2D eigenvalue weighted by molar-refractivity contribution is 14.2. The Morgan fingerprint density at radius 1 is 1.67 bits per heavy atom. The molecular weight excluding hydrogens is 206 g/mol. The molecule has 0 nitrogen and oxygen atoms in total. The van der Waals surface area contributed by atoms with Gasteiger partial charge in [0.2, 0.25) is 0 Å². The first kappa shape index (κ1) is 7.01. The summed E-state index contributed by atoms with van der Waals surface area (Å²) >= 11 is 4.44. The van der Waals surface area contributed by atoms with E-state index >= 15 is 0 Å². The van der Waals surface area contributed by atoms with Crippen LogP contribution in [0.5, 0.6) is 0 Å². The maximum atomic E-state index is 4.09. The second kappa shape index (κ2) is 4.18. The van der Waals surface area contributed by atoms with Crippen LogP contribution in [-0.2, 0) is 0 Å². The third-order valence-electron chi connectivity index (χ3n) is 0.327. The molecule has 0 saturated carbocycles. The van der Waals surface area contributed by atoms with E-state index in [1.54, 1.807) is 3.51 Å². The van der Waals surface area contributed by atoms with Crippen molar-refractivity contribution in [2.24, 2.45) is 0 Å². The van der Waals surface area contributed by atoms with Crippen molar-refractivity contribution in [2.45, 2.75) is 13.8 Å². The molecule has 0 heterocycles. The largest absolute Gasteiger partial charge is 0.254 e. The third kappa shape index (κ3) is 5.01. The summed E-state index contributed by atoms with van der Waals surface area (Å²) < 4.78 is 2.67. The van der Waals surface area contributed by atoms with Crippen LogP contribution >= 0.6 is 33.0 Å². The molecule has 0 aromatic carbocycles. The molecule has 0 saturated heterocycles. The lowest BCUT2D eigenvalue weighted by molar-refractivity contribution is 1.86. The average Bonchev–Trinajstić information content (AvgIpc) is 1.35. The van der Waals surface area contributed by atoms with E-state index in [1.807, 2.05) is 0 Å². The standard InChI is InChI=1S/C3H8BIS/c1-3(2)5-4-6/h4,6H,1-2H3. The molecule has 0 bridgehead atoms. The Morgan fingerprint density at radius 3 is 2.17 bits per heavy atom. The van der Waals surface area contributed by atoms with Crippen molar-refractivity contribution >= 4 is 40.9 Å². The van der Waals surface area contributed by atoms with Crippen LogP contribution in [0.15, 0.2) is 0 Å². The predicted octanol–water partition coefficient (Wildman–Crippen LogP) is 1.37. The van der Waals surface area contributed by atoms with Crippen molar-refractivity contribution < 1.29 is 0 Å². The van der Waals surface area contributed by atoms with Crippen LogP contribution in [-0.4, -0.2) is 7.92 Å². The molecule has 36 valence electrons. The van der Waals surface area contributed by atoms with Crippen molar-refractivity contribution in [1.82, 2.24) is 0 Å². The van der Waals surface area contributed by atoms with Gasteiger partial charge >= 0.3 is 0 Å². The lowest BCUT2D eigenvalue weighted by atomic mass is 10.6. The molecule has 0 rings (SSSR count). The van der Waals surface area contributed by atoms with Gasteiger partial charge < -0.3 is 0 Å². The first-order valence-electron chi connectivity index (χ1n) is 1.77. The summed E-state index contributed by atoms with van der Waals surface area (Å²) in [4.78, 5) is 0. The van der Waals surface area contributed by atoms with Gasteiger partial charge in [-0.2, -0.15) is 20.5 Å². The minimum Gasteiger partial charge on any atom is -0.217 e. The van der Waals surface area contributed by atoms with Crippen LogP contribution < -0.4 is 0 Å². The van der Waals surface area contributed by atoms with Crippen LogP contribution in [0.2, 0.25) is 0 Å². The number of hydrogen-bond acceptors (Lipinski definition) is 1. The lowest BCUT2D eigenvalue weighted by Gasteiger charge is -1.77. The molecule has 0 aliphatic rings. The minimum atomic E-state index is 0.349. The van der Waals surface area contributed by atoms with Crippen molar-refractivity contribution in [3.05, 3.63) is 0 Å². The lowest BCUT2D eigenvalue weighted by Crippen LogP contribution is -1.70. The molecule has 0 aliphatic heterocycles. The highest BCUT2D eigenvalue weighted by Crippen LogP contribution is 1.96. The summed E-state index contributed by atoms with van der Waals surface area (Å²) in [5, 5.41) is 0. The molecule has 0 unspecified atom stereocenters. The first-order valence-corrected chi connectivity index (χ1v) is 5.01.